The van der Waals surface area contributed by atoms with Crippen LogP contribution in [-0.4, -0.2) is 40.1 Å². The van der Waals surface area contributed by atoms with Crippen molar-refractivity contribution in [3.8, 4) is 0 Å². The maximum atomic E-state index is 12.0. The van der Waals surface area contributed by atoms with Gasteiger partial charge in [-0.1, -0.05) is 0 Å². The molecule has 0 aliphatic carbocycles. The van der Waals surface area contributed by atoms with Gasteiger partial charge in [-0.25, -0.2) is 0 Å². The molecule has 0 unspecified atom stereocenters. The van der Waals surface area contributed by atoms with Crippen molar-refractivity contribution >= 4 is 23.6 Å². The highest BCUT2D eigenvalue weighted by Gasteiger charge is 2.45. The number of thioether (sulfide) groups is 1. The molecule has 1 atom stereocenters. The lowest BCUT2D eigenvalue weighted by molar-refractivity contribution is -0.143. The van der Waals surface area contributed by atoms with Crippen LogP contribution in [-0.2, 0) is 9.59 Å². The molecule has 4 nitrogen and oxygen atoms in total. The highest BCUT2D eigenvalue weighted by atomic mass is 32.2. The van der Waals surface area contributed by atoms with Crippen LogP contribution in [0.5, 0.6) is 0 Å². The zero-order valence-electron chi connectivity index (χ0n) is 8.90. The van der Waals surface area contributed by atoms with Gasteiger partial charge in [-0.3, -0.25) is 14.5 Å². The minimum Gasteiger partial charge on any atom is -0.338 e. The number of hydrogen-bond acceptors (Lipinski definition) is 3. The zero-order chi connectivity index (χ0) is 11.0. The van der Waals surface area contributed by atoms with Gasteiger partial charge in [-0.15, -0.1) is 11.8 Å². The Morgan fingerprint density at radius 2 is 2.27 bits per heavy atom. The van der Waals surface area contributed by atoms with E-state index >= 15 is 0 Å². The highest BCUT2D eigenvalue weighted by Crippen LogP contribution is 2.41. The van der Waals surface area contributed by atoms with E-state index in [9.17, 15) is 9.59 Å². The summed E-state index contributed by atoms with van der Waals surface area (Å²) in [5.74, 6) is 0.0415. The van der Waals surface area contributed by atoms with Crippen LogP contribution in [0.3, 0.4) is 0 Å². The van der Waals surface area contributed by atoms with Gasteiger partial charge in [-0.2, -0.15) is 0 Å². The first-order valence-corrected chi connectivity index (χ1v) is 6.10. The minimum absolute atomic E-state index is 0.0250. The predicted octanol–water partition coefficient (Wildman–Crippen LogP) is 1.00. The van der Waals surface area contributed by atoms with Gasteiger partial charge < -0.3 is 4.90 Å². The lowest BCUT2D eigenvalue weighted by Crippen LogP contribution is -2.50. The van der Waals surface area contributed by atoms with E-state index in [0.29, 0.717) is 25.2 Å². The number of rotatable bonds is 3. The molecular weight excluding hydrogens is 212 g/mol. The van der Waals surface area contributed by atoms with Crippen molar-refractivity contribution in [2.24, 2.45) is 0 Å². The van der Waals surface area contributed by atoms with E-state index in [1.54, 1.807) is 21.6 Å². The second-order valence-electron chi connectivity index (χ2n) is 3.54. The van der Waals surface area contributed by atoms with Crippen LogP contribution in [0.4, 0.5) is 0 Å². The third-order valence-corrected chi connectivity index (χ3v) is 3.82. The summed E-state index contributed by atoms with van der Waals surface area (Å²) in [6, 6.07) is 0. The van der Waals surface area contributed by atoms with Crippen LogP contribution in [0.15, 0.2) is 11.1 Å². The third-order valence-electron chi connectivity index (χ3n) is 2.77. The van der Waals surface area contributed by atoms with E-state index in [2.05, 4.69) is 0 Å². The van der Waals surface area contributed by atoms with Gasteiger partial charge in [0.2, 0.25) is 5.91 Å². The Kier molecular flexibility index (Phi) is 2.73. The number of carbonyl (C=O) groups excluding carboxylic acids is 2. The molecule has 0 aromatic heterocycles. The lowest BCUT2D eigenvalue weighted by atomic mass is 10.1. The average Bonchev–Trinajstić information content (AvgIpc) is 2.56. The largest absolute Gasteiger partial charge is 0.338 e. The normalized spacial score (nSPS) is 23.3. The number of β-lactam (4-membered cyclic amide) rings is 1. The van der Waals surface area contributed by atoms with Gasteiger partial charge in [-0.05, 0) is 13.8 Å². The predicted molar refractivity (Wildman–Crippen MR) is 58.9 cm³/mol. The van der Waals surface area contributed by atoms with Crippen LogP contribution < -0.4 is 0 Å². The summed E-state index contributed by atoms with van der Waals surface area (Å²) in [4.78, 5) is 26.7. The second-order valence-corrected chi connectivity index (χ2v) is 4.59. The average molecular weight is 226 g/mol. The molecular formula is C10H14N2O2S. The summed E-state index contributed by atoms with van der Waals surface area (Å²) in [6.07, 6.45) is 0.566. The molecule has 0 bridgehead atoms. The highest BCUT2D eigenvalue weighted by molar-refractivity contribution is 8.03. The molecule has 0 saturated carbocycles. The number of likely N-dealkylation sites (N-methyl/N-ethyl adjacent to an activating group) is 1. The summed E-state index contributed by atoms with van der Waals surface area (Å²) in [5.41, 5.74) is 0.560. The van der Waals surface area contributed by atoms with E-state index in [-0.39, 0.29) is 17.2 Å². The first-order chi connectivity index (χ1) is 7.19. The molecule has 82 valence electrons. The van der Waals surface area contributed by atoms with Crippen LogP contribution in [0.1, 0.15) is 20.3 Å². The van der Waals surface area contributed by atoms with Crippen molar-refractivity contribution in [3.05, 3.63) is 11.1 Å². The minimum atomic E-state index is -0.0250. The van der Waals surface area contributed by atoms with E-state index in [1.165, 1.54) is 0 Å². The molecule has 5 heteroatoms. The van der Waals surface area contributed by atoms with Crippen molar-refractivity contribution in [1.82, 2.24) is 9.80 Å². The SMILES string of the molecule is CCN(CC)C(=O)C1=CS[C@@H]2CC(=O)N12. The van der Waals surface area contributed by atoms with Crippen LogP contribution in [0.25, 0.3) is 0 Å². The van der Waals surface area contributed by atoms with Gasteiger partial charge in [0.1, 0.15) is 5.70 Å². The summed E-state index contributed by atoms with van der Waals surface area (Å²) in [7, 11) is 0. The number of carbonyl (C=O) groups is 2. The molecule has 0 spiro atoms. The Morgan fingerprint density at radius 3 is 2.80 bits per heavy atom. The monoisotopic (exact) mass is 226 g/mol. The number of nitrogens with zero attached hydrogens (tertiary/aromatic N) is 2. The first kappa shape index (κ1) is 10.5. The topological polar surface area (TPSA) is 40.6 Å². The van der Waals surface area contributed by atoms with Crippen molar-refractivity contribution in [2.45, 2.75) is 25.6 Å². The maximum absolute atomic E-state index is 12.0. The summed E-state index contributed by atoms with van der Waals surface area (Å²) < 4.78 is 0. The van der Waals surface area contributed by atoms with Gasteiger partial charge in [0.05, 0.1) is 11.8 Å². The lowest BCUT2D eigenvalue weighted by Gasteiger charge is -2.36. The molecule has 1 saturated heterocycles. The van der Waals surface area contributed by atoms with Gasteiger partial charge >= 0.3 is 0 Å². The number of hydrogen-bond donors (Lipinski definition) is 0. The molecule has 2 amide bonds. The van der Waals surface area contributed by atoms with Crippen LogP contribution in [0.2, 0.25) is 0 Å². The third kappa shape index (κ3) is 1.55. The molecule has 2 heterocycles. The molecule has 2 rings (SSSR count). The molecule has 15 heavy (non-hydrogen) atoms. The van der Waals surface area contributed by atoms with E-state index < -0.39 is 0 Å². The van der Waals surface area contributed by atoms with Crippen LogP contribution in [0, 0.1) is 0 Å². The summed E-state index contributed by atoms with van der Waals surface area (Å²) >= 11 is 1.57. The first-order valence-electron chi connectivity index (χ1n) is 5.16. The summed E-state index contributed by atoms with van der Waals surface area (Å²) in [6.45, 7) is 5.26. The fourth-order valence-electron chi connectivity index (χ4n) is 1.81. The maximum Gasteiger partial charge on any atom is 0.271 e. The van der Waals surface area contributed by atoms with E-state index in [1.807, 2.05) is 19.3 Å². The van der Waals surface area contributed by atoms with Crippen molar-refractivity contribution in [3.63, 3.8) is 0 Å². The number of fused-ring (bicyclic) bond motifs is 1. The standard InChI is InChI=1S/C10H14N2O2S/c1-3-11(4-2)10(14)7-6-15-9-5-8(13)12(7)9/h6,9H,3-5H2,1-2H3/t9-/m1/s1. The molecule has 2 aliphatic heterocycles. The molecule has 0 N–H and O–H groups in total. The Morgan fingerprint density at radius 1 is 1.60 bits per heavy atom. The Balaban J connectivity index is 2.11. The van der Waals surface area contributed by atoms with Crippen molar-refractivity contribution in [2.75, 3.05) is 13.1 Å². The van der Waals surface area contributed by atoms with Crippen LogP contribution >= 0.6 is 11.8 Å². The fraction of sp³-hybridized carbons (Fsp3) is 0.600. The summed E-state index contributed by atoms with van der Waals surface area (Å²) in [5, 5.41) is 2.00. The number of amides is 2. The molecule has 0 aromatic rings. The van der Waals surface area contributed by atoms with E-state index in [4.69, 9.17) is 0 Å². The van der Waals surface area contributed by atoms with Crippen molar-refractivity contribution < 1.29 is 9.59 Å². The Bertz CT molecular complexity index is 336. The zero-order valence-corrected chi connectivity index (χ0v) is 9.71. The Hall–Kier alpha value is -0.970. The van der Waals surface area contributed by atoms with Gasteiger partial charge in [0.15, 0.2) is 0 Å². The smallest absolute Gasteiger partial charge is 0.271 e. The molecule has 1 fully saturated rings. The molecule has 0 radical (unpaired) electrons. The molecule has 2 aliphatic rings. The van der Waals surface area contributed by atoms with Crippen molar-refractivity contribution in [1.29, 1.82) is 0 Å². The fourth-order valence-corrected chi connectivity index (χ4v) is 2.90. The van der Waals surface area contributed by atoms with Gasteiger partial charge in [0.25, 0.3) is 5.91 Å². The quantitative estimate of drug-likeness (QED) is 0.674. The second kappa shape index (κ2) is 3.89. The Labute approximate surface area is 93.3 Å². The van der Waals surface area contributed by atoms with Gasteiger partial charge in [0, 0.05) is 18.5 Å². The van der Waals surface area contributed by atoms with E-state index in [0.717, 1.165) is 0 Å². The molecule has 0 aromatic carbocycles.